The lowest BCUT2D eigenvalue weighted by molar-refractivity contribution is -0.702. The van der Waals surface area contributed by atoms with Crippen molar-refractivity contribution in [2.24, 2.45) is 0 Å². The fourth-order valence-electron chi connectivity index (χ4n) is 1.58. The maximum atomic E-state index is 3.29. The molecular weight excluding hydrogens is 192 g/mol. The van der Waals surface area contributed by atoms with Crippen molar-refractivity contribution in [1.82, 2.24) is 4.98 Å². The lowest BCUT2D eigenvalue weighted by Gasteiger charge is -1.99. The summed E-state index contributed by atoms with van der Waals surface area (Å²) in [6, 6.07) is 0. The van der Waals surface area contributed by atoms with Gasteiger partial charge < -0.3 is 0 Å². The van der Waals surface area contributed by atoms with E-state index >= 15 is 0 Å². The minimum absolute atomic E-state index is 1.08. The normalized spacial score (nSPS) is 10.7. The predicted octanol–water partition coefficient (Wildman–Crippen LogP) is 2.75. The highest BCUT2D eigenvalue weighted by Gasteiger charge is 2.08. The van der Waals surface area contributed by atoms with Crippen LogP contribution in [0.2, 0.25) is 0 Å². The Morgan fingerprint density at radius 1 is 1.36 bits per heavy atom. The van der Waals surface area contributed by atoms with Gasteiger partial charge >= 0.3 is 0 Å². The summed E-state index contributed by atoms with van der Waals surface area (Å²) in [5.74, 6) is 2.43. The number of imidazole rings is 1. The van der Waals surface area contributed by atoms with E-state index in [0.717, 1.165) is 5.75 Å². The molecule has 1 heterocycles. The highest BCUT2D eigenvalue weighted by molar-refractivity contribution is 7.97. The molecule has 1 N–H and O–H groups in total. The molecule has 0 spiro atoms. The molecule has 0 bridgehead atoms. The van der Waals surface area contributed by atoms with Gasteiger partial charge in [0.25, 0.3) is 5.82 Å². The fraction of sp³-hybridized carbons (Fsp3) is 0.727. The van der Waals surface area contributed by atoms with Crippen molar-refractivity contribution in [1.29, 1.82) is 0 Å². The number of H-pyrrole nitrogens is 1. The van der Waals surface area contributed by atoms with Gasteiger partial charge in [-0.05, 0) is 19.1 Å². The van der Waals surface area contributed by atoms with E-state index in [2.05, 4.69) is 28.9 Å². The Morgan fingerprint density at radius 3 is 2.93 bits per heavy atom. The maximum Gasteiger partial charge on any atom is 0.264 e. The number of nitrogens with zero attached hydrogens (tertiary/aromatic N) is 1. The second kappa shape index (κ2) is 6.93. The molecule has 0 fully saturated rings. The van der Waals surface area contributed by atoms with Crippen LogP contribution in [0.4, 0.5) is 0 Å². The number of thioether (sulfide) groups is 1. The molecule has 1 aromatic rings. The molecule has 0 amide bonds. The minimum atomic E-state index is 1.08. The first-order valence-corrected chi connectivity index (χ1v) is 6.82. The van der Waals surface area contributed by atoms with Gasteiger partial charge in [-0.2, -0.15) is 11.8 Å². The second-order valence-corrected chi connectivity index (χ2v) is 4.46. The Hall–Kier alpha value is -0.440. The fourth-order valence-corrected chi connectivity index (χ4v) is 2.10. The van der Waals surface area contributed by atoms with Gasteiger partial charge in [0, 0.05) is 0 Å². The SMILES string of the molecule is CCCCCC[n+]1cc[nH]c1CSC. The molecule has 3 heteroatoms. The number of aromatic nitrogens is 2. The summed E-state index contributed by atoms with van der Waals surface area (Å²) in [7, 11) is 0. The molecule has 0 aliphatic rings. The van der Waals surface area contributed by atoms with Crippen LogP contribution in [0.25, 0.3) is 0 Å². The topological polar surface area (TPSA) is 19.7 Å². The summed E-state index contributed by atoms with van der Waals surface area (Å²) in [6.07, 6.45) is 11.7. The number of hydrogen-bond donors (Lipinski definition) is 1. The van der Waals surface area contributed by atoms with Crippen LogP contribution in [0.15, 0.2) is 12.4 Å². The monoisotopic (exact) mass is 213 g/mol. The van der Waals surface area contributed by atoms with E-state index in [4.69, 9.17) is 0 Å². The lowest BCUT2D eigenvalue weighted by atomic mass is 10.2. The van der Waals surface area contributed by atoms with Crippen molar-refractivity contribution < 1.29 is 4.57 Å². The molecule has 80 valence electrons. The van der Waals surface area contributed by atoms with Gasteiger partial charge in [-0.3, -0.25) is 0 Å². The Kier molecular flexibility index (Phi) is 5.76. The molecule has 0 saturated heterocycles. The zero-order valence-electron chi connectivity index (χ0n) is 9.25. The Labute approximate surface area is 91.1 Å². The van der Waals surface area contributed by atoms with E-state index in [9.17, 15) is 0 Å². The standard InChI is InChI=1S/C11H20N2S/c1-3-4-5-6-8-13-9-7-12-11(13)10-14-2/h7,9H,3-6,8,10H2,1-2H3/p+1. The number of rotatable bonds is 7. The first-order chi connectivity index (χ1) is 6.88. The van der Waals surface area contributed by atoms with Crippen molar-refractivity contribution in [3.8, 4) is 0 Å². The molecule has 0 atom stereocenters. The zero-order chi connectivity index (χ0) is 10.2. The number of nitrogens with one attached hydrogen (secondary N) is 1. The number of unbranched alkanes of at least 4 members (excludes halogenated alkanes) is 3. The minimum Gasteiger partial charge on any atom is -0.247 e. The van der Waals surface area contributed by atoms with Gasteiger partial charge in [0.15, 0.2) is 0 Å². The zero-order valence-corrected chi connectivity index (χ0v) is 10.1. The van der Waals surface area contributed by atoms with Crippen LogP contribution in [0.3, 0.4) is 0 Å². The lowest BCUT2D eigenvalue weighted by Crippen LogP contribution is -2.35. The van der Waals surface area contributed by atoms with Gasteiger partial charge in [-0.1, -0.05) is 19.8 Å². The molecule has 0 aromatic carbocycles. The predicted molar refractivity (Wildman–Crippen MR) is 62.3 cm³/mol. The van der Waals surface area contributed by atoms with Gasteiger partial charge in [-0.15, -0.1) is 0 Å². The van der Waals surface area contributed by atoms with Crippen molar-refractivity contribution in [2.75, 3.05) is 6.26 Å². The molecule has 1 rings (SSSR count). The summed E-state index contributed by atoms with van der Waals surface area (Å²) in [4.78, 5) is 3.29. The summed E-state index contributed by atoms with van der Waals surface area (Å²) in [5, 5.41) is 0. The molecule has 0 saturated carbocycles. The molecule has 14 heavy (non-hydrogen) atoms. The van der Waals surface area contributed by atoms with E-state index in [1.54, 1.807) is 0 Å². The van der Waals surface area contributed by atoms with E-state index in [-0.39, 0.29) is 0 Å². The van der Waals surface area contributed by atoms with Gasteiger partial charge in [-0.25, -0.2) is 9.55 Å². The van der Waals surface area contributed by atoms with Crippen LogP contribution in [0.1, 0.15) is 38.4 Å². The van der Waals surface area contributed by atoms with E-state index < -0.39 is 0 Å². The molecule has 0 aliphatic carbocycles. The summed E-state index contributed by atoms with van der Waals surface area (Å²) in [6.45, 7) is 3.42. The second-order valence-electron chi connectivity index (χ2n) is 3.59. The third-order valence-electron chi connectivity index (χ3n) is 2.38. The Bertz CT molecular complexity index is 245. The molecule has 0 aliphatic heterocycles. The van der Waals surface area contributed by atoms with Crippen molar-refractivity contribution in [3.63, 3.8) is 0 Å². The highest BCUT2D eigenvalue weighted by Crippen LogP contribution is 2.03. The maximum absolute atomic E-state index is 3.29. The highest BCUT2D eigenvalue weighted by atomic mass is 32.2. The van der Waals surface area contributed by atoms with Gasteiger partial charge in [0.1, 0.15) is 12.4 Å². The average Bonchev–Trinajstić information content (AvgIpc) is 2.61. The van der Waals surface area contributed by atoms with Crippen LogP contribution in [0.5, 0.6) is 0 Å². The first-order valence-electron chi connectivity index (χ1n) is 5.43. The van der Waals surface area contributed by atoms with E-state index in [1.807, 2.05) is 18.0 Å². The van der Waals surface area contributed by atoms with Crippen LogP contribution >= 0.6 is 11.8 Å². The average molecular weight is 213 g/mol. The summed E-state index contributed by atoms with van der Waals surface area (Å²) in [5.41, 5.74) is 0. The van der Waals surface area contributed by atoms with Crippen molar-refractivity contribution in [3.05, 3.63) is 18.2 Å². The number of aryl methyl sites for hydroxylation is 1. The quantitative estimate of drug-likeness (QED) is 0.545. The molecule has 0 unspecified atom stereocenters. The van der Waals surface area contributed by atoms with Crippen LogP contribution in [0, 0.1) is 0 Å². The molecular formula is C11H21N2S+. The molecule has 0 radical (unpaired) electrons. The largest absolute Gasteiger partial charge is 0.264 e. The number of aromatic amines is 1. The summed E-state index contributed by atoms with van der Waals surface area (Å²) < 4.78 is 2.34. The molecule has 1 aromatic heterocycles. The van der Waals surface area contributed by atoms with Crippen LogP contribution in [-0.4, -0.2) is 11.2 Å². The van der Waals surface area contributed by atoms with Gasteiger partial charge in [0.05, 0.1) is 12.3 Å². The van der Waals surface area contributed by atoms with Gasteiger partial charge in [0.2, 0.25) is 0 Å². The van der Waals surface area contributed by atoms with Crippen molar-refractivity contribution in [2.45, 2.75) is 44.9 Å². The van der Waals surface area contributed by atoms with Crippen molar-refractivity contribution >= 4 is 11.8 Å². The Morgan fingerprint density at radius 2 is 2.21 bits per heavy atom. The summed E-state index contributed by atoms with van der Waals surface area (Å²) >= 11 is 1.87. The first kappa shape index (κ1) is 11.6. The van der Waals surface area contributed by atoms with Crippen LogP contribution < -0.4 is 4.57 Å². The molecule has 2 nitrogen and oxygen atoms in total. The van der Waals surface area contributed by atoms with E-state index in [0.29, 0.717) is 0 Å². The third kappa shape index (κ3) is 3.74. The van der Waals surface area contributed by atoms with Crippen LogP contribution in [-0.2, 0) is 12.3 Å². The third-order valence-corrected chi connectivity index (χ3v) is 2.95. The Balaban J connectivity index is 2.30. The number of hydrogen-bond acceptors (Lipinski definition) is 1. The smallest absolute Gasteiger partial charge is 0.247 e. The van der Waals surface area contributed by atoms with E-state index in [1.165, 1.54) is 38.1 Å².